The summed E-state index contributed by atoms with van der Waals surface area (Å²) in [4.78, 5) is 16.1. The number of fused-ring (bicyclic) bond motifs is 2. The maximum Gasteiger partial charge on any atom is 0.232 e. The van der Waals surface area contributed by atoms with Gasteiger partial charge in [-0.05, 0) is 61.2 Å². The lowest BCUT2D eigenvalue weighted by atomic mass is 9.84. The van der Waals surface area contributed by atoms with Crippen molar-refractivity contribution < 1.29 is 23.4 Å². The first-order valence-corrected chi connectivity index (χ1v) is 15.5. The second kappa shape index (κ2) is 8.64. The van der Waals surface area contributed by atoms with Gasteiger partial charge in [-0.1, -0.05) is 57.2 Å². The van der Waals surface area contributed by atoms with Gasteiger partial charge < -0.3 is 23.5 Å². The summed E-state index contributed by atoms with van der Waals surface area (Å²) in [5.74, 6) is 1.29. The van der Waals surface area contributed by atoms with E-state index in [0.717, 1.165) is 29.7 Å². The number of amides is 1. The predicted octanol–water partition coefficient (Wildman–Crippen LogP) is 6.00. The molecule has 0 N–H and O–H groups in total. The molecule has 2 aromatic rings. The highest BCUT2D eigenvalue weighted by molar-refractivity contribution is 6.74. The highest BCUT2D eigenvalue weighted by Crippen LogP contribution is 2.50. The summed E-state index contributed by atoms with van der Waals surface area (Å²) < 4.78 is 24.5. The van der Waals surface area contributed by atoms with Gasteiger partial charge in [0, 0.05) is 0 Å². The molecule has 2 fully saturated rings. The van der Waals surface area contributed by atoms with Gasteiger partial charge in [0.25, 0.3) is 0 Å². The number of carbonyl (C=O) groups is 1. The standard InChI is InChI=1S/C28H37NO5Si/c1-27(2,3)35(5,6)33-17-22-25(19-10-8-7-9-11-19)34-28(4)15-14-21(26(30)29(22)28)20-12-13-23-24(16-20)32-18-31-23/h7-13,16,21-22,25H,14-15,17-18H2,1-6H3/t21?,22-,25-,28+/m0/s1. The molecule has 6 nitrogen and oxygen atoms in total. The molecule has 0 saturated carbocycles. The SMILES string of the molecule is CC(C)(C)[Si](C)(C)OC[C@H]1[C@H](c2ccccc2)O[C@]2(C)CCC(c3ccc4c(c3)OCO4)C(=O)N12. The summed E-state index contributed by atoms with van der Waals surface area (Å²) >= 11 is 0. The highest BCUT2D eigenvalue weighted by Gasteiger charge is 2.57. The van der Waals surface area contributed by atoms with E-state index in [1.165, 1.54) is 0 Å². The quantitative estimate of drug-likeness (QED) is 0.476. The van der Waals surface area contributed by atoms with Gasteiger partial charge in [0.05, 0.1) is 18.6 Å². The number of piperidine rings is 1. The van der Waals surface area contributed by atoms with Crippen molar-refractivity contribution in [2.75, 3.05) is 13.4 Å². The highest BCUT2D eigenvalue weighted by atomic mass is 28.4. The first kappa shape index (κ1) is 24.3. The molecule has 0 bridgehead atoms. The van der Waals surface area contributed by atoms with E-state index < -0.39 is 14.0 Å². The average Bonchev–Trinajstić information content (AvgIpc) is 3.39. The number of rotatable bonds is 5. The third-order valence-corrected chi connectivity index (χ3v) is 12.9. The Morgan fingerprint density at radius 2 is 1.77 bits per heavy atom. The lowest BCUT2D eigenvalue weighted by molar-refractivity contribution is -0.162. The van der Waals surface area contributed by atoms with E-state index >= 15 is 0 Å². The van der Waals surface area contributed by atoms with Crippen molar-refractivity contribution in [2.45, 2.75) is 82.5 Å². The van der Waals surface area contributed by atoms with Gasteiger partial charge >= 0.3 is 0 Å². The minimum atomic E-state index is -2.02. The van der Waals surface area contributed by atoms with E-state index in [-0.39, 0.29) is 35.8 Å². The molecule has 3 aliphatic rings. The Balaban J connectivity index is 1.48. The second-order valence-electron chi connectivity index (χ2n) is 11.7. The smallest absolute Gasteiger partial charge is 0.232 e. The number of hydrogen-bond acceptors (Lipinski definition) is 5. The van der Waals surface area contributed by atoms with Crippen LogP contribution < -0.4 is 9.47 Å². The fourth-order valence-corrected chi connectivity index (χ4v) is 6.24. The van der Waals surface area contributed by atoms with Gasteiger partial charge in [-0.3, -0.25) is 4.79 Å². The van der Waals surface area contributed by atoms with Crippen LogP contribution in [0, 0.1) is 0 Å². The Morgan fingerprint density at radius 1 is 1.06 bits per heavy atom. The molecule has 35 heavy (non-hydrogen) atoms. The summed E-state index contributed by atoms with van der Waals surface area (Å²) in [5, 5.41) is 0.0823. The Morgan fingerprint density at radius 3 is 2.49 bits per heavy atom. The first-order valence-electron chi connectivity index (χ1n) is 12.6. The van der Waals surface area contributed by atoms with Crippen LogP contribution in [0.25, 0.3) is 0 Å². The summed E-state index contributed by atoms with van der Waals surface area (Å²) in [6, 6.07) is 15.9. The Bertz CT molecular complexity index is 1100. The zero-order chi connectivity index (χ0) is 25.0. The molecule has 3 aliphatic heterocycles. The van der Waals surface area contributed by atoms with Gasteiger partial charge in [-0.25, -0.2) is 0 Å². The zero-order valence-electron chi connectivity index (χ0n) is 21.7. The summed E-state index contributed by atoms with van der Waals surface area (Å²) in [6.07, 6.45) is 1.26. The van der Waals surface area contributed by atoms with Crippen molar-refractivity contribution in [1.82, 2.24) is 4.90 Å². The van der Waals surface area contributed by atoms with Gasteiger partial charge in [0.15, 0.2) is 19.8 Å². The fourth-order valence-electron chi connectivity index (χ4n) is 5.22. The number of ether oxygens (including phenoxy) is 3. The van der Waals surface area contributed by atoms with E-state index in [0.29, 0.717) is 12.4 Å². The van der Waals surface area contributed by atoms with Gasteiger partial charge in [0.1, 0.15) is 11.8 Å². The fraction of sp³-hybridized carbons (Fsp3) is 0.536. The normalized spacial score (nSPS) is 28.3. The van der Waals surface area contributed by atoms with Crippen molar-refractivity contribution in [3.8, 4) is 11.5 Å². The molecular formula is C28H37NO5Si. The third-order valence-electron chi connectivity index (χ3n) is 8.35. The number of hydrogen-bond donors (Lipinski definition) is 0. The first-order chi connectivity index (χ1) is 16.5. The molecule has 0 aromatic heterocycles. The molecule has 7 heteroatoms. The lowest BCUT2D eigenvalue weighted by Crippen LogP contribution is -2.56. The molecule has 1 unspecified atom stereocenters. The molecule has 188 valence electrons. The molecule has 0 spiro atoms. The molecule has 1 amide bonds. The molecule has 4 atom stereocenters. The molecule has 2 saturated heterocycles. The van der Waals surface area contributed by atoms with Crippen LogP contribution in [0.15, 0.2) is 48.5 Å². The van der Waals surface area contributed by atoms with Crippen molar-refractivity contribution in [2.24, 2.45) is 0 Å². The van der Waals surface area contributed by atoms with Gasteiger partial charge in [-0.15, -0.1) is 0 Å². The third kappa shape index (κ3) is 4.28. The average molecular weight is 496 g/mol. The van der Waals surface area contributed by atoms with Crippen molar-refractivity contribution in [3.63, 3.8) is 0 Å². The van der Waals surface area contributed by atoms with Crippen molar-refractivity contribution in [1.29, 1.82) is 0 Å². The molecule has 5 rings (SSSR count). The number of benzene rings is 2. The molecule has 3 heterocycles. The molecular weight excluding hydrogens is 458 g/mol. The Hall–Kier alpha value is -2.35. The minimum absolute atomic E-state index is 0.0823. The van der Waals surface area contributed by atoms with Crippen LogP contribution in [0.5, 0.6) is 11.5 Å². The maximum absolute atomic E-state index is 14.2. The topological polar surface area (TPSA) is 57.2 Å². The van der Waals surface area contributed by atoms with Crippen LogP contribution in [0.1, 0.15) is 63.7 Å². The summed E-state index contributed by atoms with van der Waals surface area (Å²) in [6.45, 7) is 14.0. The van der Waals surface area contributed by atoms with Crippen LogP contribution in [-0.2, 0) is 14.0 Å². The predicted molar refractivity (Wildman–Crippen MR) is 137 cm³/mol. The number of carbonyl (C=O) groups excluding carboxylic acids is 1. The van der Waals surface area contributed by atoms with E-state index in [1.54, 1.807) is 0 Å². The van der Waals surface area contributed by atoms with E-state index in [4.69, 9.17) is 18.6 Å². The largest absolute Gasteiger partial charge is 0.454 e. The van der Waals surface area contributed by atoms with Gasteiger partial charge in [0.2, 0.25) is 12.7 Å². The minimum Gasteiger partial charge on any atom is -0.454 e. The summed E-state index contributed by atoms with van der Waals surface area (Å²) in [5.41, 5.74) is 1.39. The van der Waals surface area contributed by atoms with Crippen LogP contribution in [0.2, 0.25) is 18.1 Å². The van der Waals surface area contributed by atoms with E-state index in [1.807, 2.05) is 41.3 Å². The molecule has 0 radical (unpaired) electrons. The summed E-state index contributed by atoms with van der Waals surface area (Å²) in [7, 11) is -2.02. The monoisotopic (exact) mass is 495 g/mol. The molecule has 0 aliphatic carbocycles. The van der Waals surface area contributed by atoms with E-state index in [2.05, 4.69) is 52.9 Å². The van der Waals surface area contributed by atoms with Gasteiger partial charge in [-0.2, -0.15) is 0 Å². The maximum atomic E-state index is 14.2. The van der Waals surface area contributed by atoms with Crippen LogP contribution >= 0.6 is 0 Å². The van der Waals surface area contributed by atoms with Crippen LogP contribution in [0.3, 0.4) is 0 Å². The lowest BCUT2D eigenvalue weighted by Gasteiger charge is -2.44. The van der Waals surface area contributed by atoms with Crippen LogP contribution in [-0.4, -0.2) is 44.3 Å². The number of nitrogens with zero attached hydrogens (tertiary/aromatic N) is 1. The van der Waals surface area contributed by atoms with Crippen molar-refractivity contribution >= 4 is 14.2 Å². The van der Waals surface area contributed by atoms with E-state index in [9.17, 15) is 4.79 Å². The zero-order valence-corrected chi connectivity index (χ0v) is 22.7. The molecule has 2 aromatic carbocycles. The Labute approximate surface area is 209 Å². The van der Waals surface area contributed by atoms with Crippen LogP contribution in [0.4, 0.5) is 0 Å². The van der Waals surface area contributed by atoms with Crippen molar-refractivity contribution in [3.05, 3.63) is 59.7 Å². The Kier molecular flexibility index (Phi) is 6.01. The second-order valence-corrected chi connectivity index (χ2v) is 16.5.